The smallest absolute Gasteiger partial charge is 0.407 e. The van der Waals surface area contributed by atoms with Crippen LogP contribution in [0.1, 0.15) is 31.9 Å². The van der Waals surface area contributed by atoms with Crippen molar-refractivity contribution in [2.24, 2.45) is 0 Å². The Morgan fingerprint density at radius 2 is 1.62 bits per heavy atom. The van der Waals surface area contributed by atoms with Crippen LogP contribution in [0.4, 0.5) is 10.5 Å². The summed E-state index contributed by atoms with van der Waals surface area (Å²) in [5, 5.41) is 6.87. The maximum absolute atomic E-state index is 11.8. The van der Waals surface area contributed by atoms with Gasteiger partial charge in [-0.05, 0) is 44.0 Å². The Bertz CT molecular complexity index is 696. The molecule has 0 bridgehead atoms. The lowest BCUT2D eigenvalue weighted by molar-refractivity contribution is 0.0523. The van der Waals surface area contributed by atoms with Crippen LogP contribution in [-0.4, -0.2) is 11.7 Å². The lowest BCUT2D eigenvalue weighted by Crippen LogP contribution is -2.32. The van der Waals surface area contributed by atoms with Gasteiger partial charge in [-0.2, -0.15) is 0 Å². The molecule has 2 aromatic rings. The van der Waals surface area contributed by atoms with Crippen LogP contribution >= 0.6 is 11.6 Å². The summed E-state index contributed by atoms with van der Waals surface area (Å²) >= 11 is 6.18. The van der Waals surface area contributed by atoms with Crippen LogP contribution in [0.25, 0.3) is 0 Å². The fourth-order valence-corrected chi connectivity index (χ4v) is 2.36. The van der Waals surface area contributed by atoms with Gasteiger partial charge >= 0.3 is 6.09 Å². The first-order valence-electron chi connectivity index (χ1n) is 7.87. The number of hydrogen-bond donors (Lipinski definition) is 2. The highest BCUT2D eigenvalue weighted by atomic mass is 35.5. The van der Waals surface area contributed by atoms with E-state index < -0.39 is 11.7 Å². The summed E-state index contributed by atoms with van der Waals surface area (Å²) in [6.45, 7) is 6.52. The van der Waals surface area contributed by atoms with Crippen molar-refractivity contribution in [3.8, 4) is 0 Å². The molecule has 0 aliphatic heterocycles. The zero-order valence-corrected chi connectivity index (χ0v) is 15.0. The molecule has 0 fully saturated rings. The number of rotatable bonds is 5. The summed E-state index contributed by atoms with van der Waals surface area (Å²) < 4.78 is 5.26. The zero-order valence-electron chi connectivity index (χ0n) is 14.2. The van der Waals surface area contributed by atoms with Crippen molar-refractivity contribution in [2.45, 2.75) is 39.5 Å². The van der Waals surface area contributed by atoms with Crippen molar-refractivity contribution < 1.29 is 9.53 Å². The highest BCUT2D eigenvalue weighted by Crippen LogP contribution is 2.19. The second-order valence-corrected chi connectivity index (χ2v) is 6.86. The summed E-state index contributed by atoms with van der Waals surface area (Å²) in [7, 11) is 0. The molecule has 0 aliphatic carbocycles. The molecule has 0 aliphatic rings. The van der Waals surface area contributed by atoms with Crippen molar-refractivity contribution in [3.63, 3.8) is 0 Å². The second kappa shape index (κ2) is 8.06. The van der Waals surface area contributed by atoms with E-state index in [1.54, 1.807) is 0 Å². The largest absolute Gasteiger partial charge is 0.444 e. The standard InChI is InChI=1S/C19H23ClN2O2/c1-19(2,3)24-18(23)22-13-15-9-5-7-11-17(15)21-12-14-8-4-6-10-16(14)20/h4-11,21H,12-13H2,1-3H3,(H,22,23). The van der Waals surface area contributed by atoms with Gasteiger partial charge in [0, 0.05) is 23.8 Å². The molecular weight excluding hydrogens is 324 g/mol. The van der Waals surface area contributed by atoms with Crippen LogP contribution in [-0.2, 0) is 17.8 Å². The second-order valence-electron chi connectivity index (χ2n) is 6.46. The SMILES string of the molecule is CC(C)(C)OC(=O)NCc1ccccc1NCc1ccccc1Cl. The molecule has 1 amide bonds. The van der Waals surface area contributed by atoms with Crippen LogP contribution in [0.15, 0.2) is 48.5 Å². The minimum Gasteiger partial charge on any atom is -0.444 e. The van der Waals surface area contributed by atoms with Crippen LogP contribution in [0.5, 0.6) is 0 Å². The van der Waals surface area contributed by atoms with Crippen molar-refractivity contribution in [1.29, 1.82) is 0 Å². The number of carbonyl (C=O) groups is 1. The molecule has 0 saturated heterocycles. The topological polar surface area (TPSA) is 50.4 Å². The maximum Gasteiger partial charge on any atom is 0.407 e. The van der Waals surface area contributed by atoms with Crippen LogP contribution in [0.2, 0.25) is 5.02 Å². The molecule has 0 radical (unpaired) electrons. The van der Waals surface area contributed by atoms with Crippen LogP contribution in [0, 0.1) is 0 Å². The van der Waals surface area contributed by atoms with Crippen molar-refractivity contribution >= 4 is 23.4 Å². The average Bonchev–Trinajstić information content (AvgIpc) is 2.51. The molecule has 0 aromatic heterocycles. The van der Waals surface area contributed by atoms with Gasteiger partial charge in [0.1, 0.15) is 5.60 Å². The highest BCUT2D eigenvalue weighted by molar-refractivity contribution is 6.31. The molecule has 24 heavy (non-hydrogen) atoms. The van der Waals surface area contributed by atoms with E-state index in [4.69, 9.17) is 16.3 Å². The molecule has 0 unspecified atom stereocenters. The fraction of sp³-hybridized carbons (Fsp3) is 0.316. The number of halogens is 1. The number of alkyl carbamates (subject to hydrolysis) is 1. The summed E-state index contributed by atoms with van der Waals surface area (Å²) in [5.41, 5.74) is 2.45. The monoisotopic (exact) mass is 346 g/mol. The molecule has 5 heteroatoms. The van der Waals surface area contributed by atoms with E-state index in [0.717, 1.165) is 21.8 Å². The van der Waals surface area contributed by atoms with Gasteiger partial charge in [-0.1, -0.05) is 48.0 Å². The van der Waals surface area contributed by atoms with E-state index in [1.165, 1.54) is 0 Å². The van der Waals surface area contributed by atoms with E-state index in [9.17, 15) is 4.79 Å². The van der Waals surface area contributed by atoms with E-state index in [0.29, 0.717) is 13.1 Å². The third kappa shape index (κ3) is 5.78. The first kappa shape index (κ1) is 18.1. The minimum atomic E-state index is -0.508. The number of carbonyl (C=O) groups excluding carboxylic acids is 1. The Balaban J connectivity index is 1.97. The van der Waals surface area contributed by atoms with Gasteiger partial charge in [0.15, 0.2) is 0 Å². The van der Waals surface area contributed by atoms with Gasteiger partial charge in [-0.25, -0.2) is 4.79 Å². The molecule has 0 spiro atoms. The molecular formula is C19H23ClN2O2. The quantitative estimate of drug-likeness (QED) is 0.803. The Labute approximate surface area is 148 Å². The third-order valence-electron chi connectivity index (χ3n) is 3.27. The molecule has 128 valence electrons. The molecule has 2 N–H and O–H groups in total. The number of benzene rings is 2. The van der Waals surface area contributed by atoms with Gasteiger partial charge < -0.3 is 15.4 Å². The number of anilines is 1. The third-order valence-corrected chi connectivity index (χ3v) is 3.64. The summed E-state index contributed by atoms with van der Waals surface area (Å²) in [5.74, 6) is 0. The van der Waals surface area contributed by atoms with Gasteiger partial charge in [0.2, 0.25) is 0 Å². The lowest BCUT2D eigenvalue weighted by Gasteiger charge is -2.20. The number of ether oxygens (including phenoxy) is 1. The number of amides is 1. The van der Waals surface area contributed by atoms with Crippen molar-refractivity contribution in [1.82, 2.24) is 5.32 Å². The molecule has 0 heterocycles. The Hall–Kier alpha value is -2.20. The Morgan fingerprint density at radius 3 is 2.29 bits per heavy atom. The first-order valence-corrected chi connectivity index (χ1v) is 8.25. The Morgan fingerprint density at radius 1 is 1.00 bits per heavy atom. The van der Waals surface area contributed by atoms with Gasteiger partial charge in [0.05, 0.1) is 0 Å². The van der Waals surface area contributed by atoms with Gasteiger partial charge in [-0.15, -0.1) is 0 Å². The number of para-hydroxylation sites is 1. The highest BCUT2D eigenvalue weighted by Gasteiger charge is 2.16. The van der Waals surface area contributed by atoms with Crippen molar-refractivity contribution in [2.75, 3.05) is 5.32 Å². The van der Waals surface area contributed by atoms with E-state index >= 15 is 0 Å². The molecule has 2 aromatic carbocycles. The van der Waals surface area contributed by atoms with Crippen molar-refractivity contribution in [3.05, 3.63) is 64.7 Å². The summed E-state index contributed by atoms with van der Waals surface area (Å²) in [6, 6.07) is 15.5. The molecule has 4 nitrogen and oxygen atoms in total. The van der Waals surface area contributed by atoms with E-state index in [1.807, 2.05) is 69.3 Å². The van der Waals surface area contributed by atoms with Crippen LogP contribution in [0.3, 0.4) is 0 Å². The predicted octanol–water partition coefficient (Wildman–Crippen LogP) is 4.98. The number of hydrogen-bond acceptors (Lipinski definition) is 3. The molecule has 0 saturated carbocycles. The van der Waals surface area contributed by atoms with Gasteiger partial charge in [-0.3, -0.25) is 0 Å². The fourth-order valence-electron chi connectivity index (χ4n) is 2.16. The molecule has 2 rings (SSSR count). The minimum absolute atomic E-state index is 0.389. The average molecular weight is 347 g/mol. The normalized spacial score (nSPS) is 11.0. The lowest BCUT2D eigenvalue weighted by atomic mass is 10.1. The Kier molecular flexibility index (Phi) is 6.10. The van der Waals surface area contributed by atoms with E-state index in [2.05, 4.69) is 10.6 Å². The first-order chi connectivity index (χ1) is 11.3. The number of nitrogens with one attached hydrogen (secondary N) is 2. The summed E-state index contributed by atoms with van der Waals surface area (Å²) in [6.07, 6.45) is -0.427. The predicted molar refractivity (Wildman–Crippen MR) is 98.3 cm³/mol. The molecule has 0 atom stereocenters. The summed E-state index contributed by atoms with van der Waals surface area (Å²) in [4.78, 5) is 11.8. The van der Waals surface area contributed by atoms with Crippen LogP contribution < -0.4 is 10.6 Å². The van der Waals surface area contributed by atoms with Gasteiger partial charge in [0.25, 0.3) is 0 Å². The van der Waals surface area contributed by atoms with E-state index in [-0.39, 0.29) is 0 Å². The zero-order chi connectivity index (χ0) is 17.6. The maximum atomic E-state index is 11.8.